The fourth-order valence-corrected chi connectivity index (χ4v) is 3.68. The van der Waals surface area contributed by atoms with Crippen LogP contribution in [0, 0.1) is 5.82 Å². The third kappa shape index (κ3) is 4.65. The van der Waals surface area contributed by atoms with Crippen molar-refractivity contribution >= 4 is 34.4 Å². The van der Waals surface area contributed by atoms with Crippen molar-refractivity contribution in [1.29, 1.82) is 0 Å². The third-order valence-electron chi connectivity index (χ3n) is 5.16. The van der Waals surface area contributed by atoms with Crippen LogP contribution >= 0.6 is 11.6 Å². The summed E-state index contributed by atoms with van der Waals surface area (Å²) in [5.41, 5.74) is 3.14. The second kappa shape index (κ2) is 9.24. The molecule has 162 valence electrons. The van der Waals surface area contributed by atoms with Crippen LogP contribution < -0.4 is 5.32 Å². The minimum Gasteiger partial charge on any atom is -0.465 e. The van der Waals surface area contributed by atoms with Gasteiger partial charge in [-0.3, -0.25) is 4.79 Å². The van der Waals surface area contributed by atoms with Gasteiger partial charge in [0, 0.05) is 29.7 Å². The Bertz CT molecular complexity index is 1280. The van der Waals surface area contributed by atoms with Crippen molar-refractivity contribution < 1.29 is 18.7 Å². The maximum atomic E-state index is 14.2. The smallest absolute Gasteiger partial charge is 0.337 e. The van der Waals surface area contributed by atoms with E-state index >= 15 is 0 Å². The largest absolute Gasteiger partial charge is 0.465 e. The number of fused-ring (bicyclic) bond motifs is 1. The number of nitrogens with one attached hydrogen (secondary N) is 1. The predicted molar refractivity (Wildman–Crippen MR) is 121 cm³/mol. The summed E-state index contributed by atoms with van der Waals surface area (Å²) < 4.78 is 20.8. The van der Waals surface area contributed by atoms with E-state index in [1.165, 1.54) is 19.2 Å². The first-order chi connectivity index (χ1) is 15.4. The van der Waals surface area contributed by atoms with E-state index in [1.54, 1.807) is 42.5 Å². The molecule has 0 unspecified atom stereocenters. The van der Waals surface area contributed by atoms with Gasteiger partial charge in [-0.05, 0) is 53.6 Å². The maximum Gasteiger partial charge on any atom is 0.337 e. The molecule has 1 aromatic heterocycles. The quantitative estimate of drug-likeness (QED) is 0.411. The summed E-state index contributed by atoms with van der Waals surface area (Å²) in [7, 11) is 1.32. The summed E-state index contributed by atoms with van der Waals surface area (Å²) in [6.07, 6.45) is 1.83. The third-order valence-corrected chi connectivity index (χ3v) is 5.42. The van der Waals surface area contributed by atoms with E-state index in [9.17, 15) is 14.0 Å². The van der Waals surface area contributed by atoms with Gasteiger partial charge in [0.1, 0.15) is 5.82 Å². The number of rotatable bonds is 6. The fourth-order valence-electron chi connectivity index (χ4n) is 3.56. The molecule has 0 aliphatic rings. The zero-order chi connectivity index (χ0) is 22.7. The van der Waals surface area contributed by atoms with Crippen LogP contribution in [0.3, 0.4) is 0 Å². The molecule has 7 heteroatoms. The van der Waals surface area contributed by atoms with Crippen LogP contribution in [0.15, 0.2) is 72.9 Å². The SMILES string of the molecule is COC(=O)c1ccc(CNC(=O)c2cc(F)cc3ccn(Cc4ccc(Cl)cc4)c23)cc1. The molecule has 0 fully saturated rings. The first kappa shape index (κ1) is 21.6. The number of benzene rings is 3. The fraction of sp³-hybridized carbons (Fsp3) is 0.120. The molecule has 0 bridgehead atoms. The van der Waals surface area contributed by atoms with Crippen LogP contribution in [0.1, 0.15) is 31.8 Å². The number of nitrogens with zero attached hydrogens (tertiary/aromatic N) is 1. The van der Waals surface area contributed by atoms with Crippen LogP contribution in [0.5, 0.6) is 0 Å². The van der Waals surface area contributed by atoms with Crippen LogP contribution in [0.25, 0.3) is 10.9 Å². The highest BCUT2D eigenvalue weighted by Gasteiger charge is 2.16. The molecule has 32 heavy (non-hydrogen) atoms. The summed E-state index contributed by atoms with van der Waals surface area (Å²) >= 11 is 5.97. The normalized spacial score (nSPS) is 10.8. The van der Waals surface area contributed by atoms with Gasteiger partial charge in [0.15, 0.2) is 0 Å². The lowest BCUT2D eigenvalue weighted by Gasteiger charge is -2.12. The number of aromatic nitrogens is 1. The number of halogens is 2. The highest BCUT2D eigenvalue weighted by Crippen LogP contribution is 2.24. The van der Waals surface area contributed by atoms with Gasteiger partial charge in [0.2, 0.25) is 0 Å². The number of methoxy groups -OCH3 is 1. The molecule has 0 aliphatic heterocycles. The first-order valence-corrected chi connectivity index (χ1v) is 10.3. The average Bonchev–Trinajstić information content (AvgIpc) is 3.20. The molecule has 0 spiro atoms. The number of esters is 1. The van der Waals surface area contributed by atoms with E-state index in [1.807, 2.05) is 22.9 Å². The minimum absolute atomic E-state index is 0.232. The topological polar surface area (TPSA) is 60.3 Å². The Morgan fingerprint density at radius 3 is 2.38 bits per heavy atom. The average molecular weight is 451 g/mol. The van der Waals surface area contributed by atoms with Crippen LogP contribution in [0.2, 0.25) is 5.02 Å². The Kier molecular flexibility index (Phi) is 6.23. The second-order valence-corrected chi connectivity index (χ2v) is 7.77. The van der Waals surface area contributed by atoms with E-state index in [0.29, 0.717) is 28.0 Å². The Morgan fingerprint density at radius 2 is 1.69 bits per heavy atom. The molecule has 0 saturated carbocycles. The van der Waals surface area contributed by atoms with Crippen molar-refractivity contribution in [3.05, 3.63) is 106 Å². The Morgan fingerprint density at radius 1 is 1.00 bits per heavy atom. The van der Waals surface area contributed by atoms with Crippen molar-refractivity contribution in [3.8, 4) is 0 Å². The highest BCUT2D eigenvalue weighted by molar-refractivity contribution is 6.30. The first-order valence-electron chi connectivity index (χ1n) is 9.93. The zero-order valence-corrected chi connectivity index (χ0v) is 18.0. The number of hydrogen-bond donors (Lipinski definition) is 1. The molecule has 5 nitrogen and oxygen atoms in total. The molecule has 4 aromatic rings. The van der Waals surface area contributed by atoms with Crippen LogP contribution in [0.4, 0.5) is 4.39 Å². The molecule has 0 aliphatic carbocycles. The van der Waals surface area contributed by atoms with Gasteiger partial charge in [-0.15, -0.1) is 0 Å². The monoisotopic (exact) mass is 450 g/mol. The van der Waals surface area contributed by atoms with Gasteiger partial charge < -0.3 is 14.6 Å². The van der Waals surface area contributed by atoms with Gasteiger partial charge in [-0.1, -0.05) is 35.9 Å². The molecule has 4 rings (SSSR count). The number of hydrogen-bond acceptors (Lipinski definition) is 3. The minimum atomic E-state index is -0.477. The molecule has 0 saturated heterocycles. The Hall–Kier alpha value is -3.64. The van der Waals surface area contributed by atoms with E-state index < -0.39 is 11.8 Å². The van der Waals surface area contributed by atoms with Crippen molar-refractivity contribution in [1.82, 2.24) is 9.88 Å². The van der Waals surface area contributed by atoms with Crippen molar-refractivity contribution in [2.45, 2.75) is 13.1 Å². The maximum absolute atomic E-state index is 14.2. The molecule has 1 heterocycles. The molecular formula is C25H20ClFN2O3. The van der Waals surface area contributed by atoms with Gasteiger partial charge in [0.25, 0.3) is 5.91 Å². The van der Waals surface area contributed by atoms with E-state index in [2.05, 4.69) is 10.1 Å². The molecular weight excluding hydrogens is 431 g/mol. The summed E-state index contributed by atoms with van der Waals surface area (Å²) in [4.78, 5) is 24.5. The van der Waals surface area contributed by atoms with Crippen molar-refractivity contribution in [2.24, 2.45) is 0 Å². The molecule has 1 N–H and O–H groups in total. The lowest BCUT2D eigenvalue weighted by atomic mass is 10.1. The highest BCUT2D eigenvalue weighted by atomic mass is 35.5. The Balaban J connectivity index is 1.57. The standard InChI is InChI=1S/C25H20ClFN2O3/c1-32-25(31)18-6-2-16(3-7-18)14-28-24(30)22-13-21(27)12-19-10-11-29(23(19)22)15-17-4-8-20(26)9-5-17/h2-13H,14-15H2,1H3,(H,28,30). The summed E-state index contributed by atoms with van der Waals surface area (Å²) in [5.74, 6) is -1.29. The van der Waals surface area contributed by atoms with Gasteiger partial charge in [-0.25, -0.2) is 9.18 Å². The second-order valence-electron chi connectivity index (χ2n) is 7.33. The van der Waals surface area contributed by atoms with Gasteiger partial charge >= 0.3 is 5.97 Å². The van der Waals surface area contributed by atoms with Crippen LogP contribution in [-0.2, 0) is 17.8 Å². The van der Waals surface area contributed by atoms with E-state index in [0.717, 1.165) is 11.1 Å². The number of carbonyl (C=O) groups excluding carboxylic acids is 2. The number of carbonyl (C=O) groups is 2. The summed E-state index contributed by atoms with van der Waals surface area (Å²) in [6, 6.07) is 18.6. The Labute approximate surface area is 189 Å². The molecule has 3 aromatic carbocycles. The van der Waals surface area contributed by atoms with E-state index in [-0.39, 0.29) is 18.0 Å². The van der Waals surface area contributed by atoms with Crippen molar-refractivity contribution in [3.63, 3.8) is 0 Å². The van der Waals surface area contributed by atoms with Crippen molar-refractivity contribution in [2.75, 3.05) is 7.11 Å². The number of ether oxygens (including phenoxy) is 1. The summed E-state index contributed by atoms with van der Waals surface area (Å²) in [6.45, 7) is 0.748. The summed E-state index contributed by atoms with van der Waals surface area (Å²) in [5, 5.41) is 4.12. The molecule has 0 atom stereocenters. The van der Waals surface area contributed by atoms with Gasteiger partial charge in [0.05, 0.1) is 23.8 Å². The lowest BCUT2D eigenvalue weighted by molar-refractivity contribution is 0.0600. The zero-order valence-electron chi connectivity index (χ0n) is 17.3. The lowest BCUT2D eigenvalue weighted by Crippen LogP contribution is -2.24. The molecule has 1 amide bonds. The number of amides is 1. The predicted octanol–water partition coefficient (Wildman–Crippen LogP) is 5.20. The molecule has 0 radical (unpaired) electrons. The van der Waals surface area contributed by atoms with Crippen LogP contribution in [-0.4, -0.2) is 23.6 Å². The van der Waals surface area contributed by atoms with E-state index in [4.69, 9.17) is 11.6 Å². The van der Waals surface area contributed by atoms with Gasteiger partial charge in [-0.2, -0.15) is 0 Å².